The maximum atomic E-state index is 11.2. The molecule has 72 valence electrons. The van der Waals surface area contributed by atoms with Gasteiger partial charge in [0.05, 0.1) is 5.52 Å². The SMILES string of the molecule is CC(=O)c1cc(Br)c2nc(C)[nH]c2c1. The molecular formula is C10H9BrN2O. The van der Waals surface area contributed by atoms with Crippen LogP contribution in [0.3, 0.4) is 0 Å². The van der Waals surface area contributed by atoms with Crippen LogP contribution in [-0.4, -0.2) is 15.8 Å². The van der Waals surface area contributed by atoms with Gasteiger partial charge in [0.15, 0.2) is 5.78 Å². The van der Waals surface area contributed by atoms with Crippen molar-refractivity contribution >= 4 is 32.7 Å². The van der Waals surface area contributed by atoms with Crippen molar-refractivity contribution in [3.05, 3.63) is 28.0 Å². The standard InChI is InChI=1S/C10H9BrN2O/c1-5(14)7-3-8(11)10-9(4-7)12-6(2)13-10/h3-4H,1-2H3,(H,12,13). The van der Waals surface area contributed by atoms with Crippen LogP contribution in [0.4, 0.5) is 0 Å². The van der Waals surface area contributed by atoms with Crippen molar-refractivity contribution in [2.45, 2.75) is 13.8 Å². The van der Waals surface area contributed by atoms with Crippen molar-refractivity contribution in [1.29, 1.82) is 0 Å². The normalized spacial score (nSPS) is 10.8. The fraction of sp³-hybridized carbons (Fsp3) is 0.200. The minimum Gasteiger partial charge on any atom is -0.342 e. The summed E-state index contributed by atoms with van der Waals surface area (Å²) in [5.41, 5.74) is 2.45. The molecule has 0 radical (unpaired) electrons. The Morgan fingerprint density at radius 2 is 2.21 bits per heavy atom. The Bertz CT molecular complexity index is 516. The first-order chi connectivity index (χ1) is 6.58. The van der Waals surface area contributed by atoms with E-state index in [0.717, 1.165) is 21.3 Å². The molecule has 0 aliphatic heterocycles. The number of imidazole rings is 1. The molecule has 0 spiro atoms. The molecule has 0 atom stereocenters. The minimum absolute atomic E-state index is 0.0554. The maximum Gasteiger partial charge on any atom is 0.159 e. The van der Waals surface area contributed by atoms with Crippen molar-refractivity contribution in [1.82, 2.24) is 9.97 Å². The molecule has 2 rings (SSSR count). The number of nitrogens with zero attached hydrogens (tertiary/aromatic N) is 1. The van der Waals surface area contributed by atoms with E-state index in [-0.39, 0.29) is 5.78 Å². The van der Waals surface area contributed by atoms with E-state index in [0.29, 0.717) is 5.56 Å². The summed E-state index contributed by atoms with van der Waals surface area (Å²) in [6.07, 6.45) is 0. The van der Waals surface area contributed by atoms with Gasteiger partial charge in [-0.2, -0.15) is 0 Å². The van der Waals surface area contributed by atoms with Crippen molar-refractivity contribution < 1.29 is 4.79 Å². The van der Waals surface area contributed by atoms with E-state index >= 15 is 0 Å². The quantitative estimate of drug-likeness (QED) is 0.794. The average Bonchev–Trinajstić information content (AvgIpc) is 2.45. The summed E-state index contributed by atoms with van der Waals surface area (Å²) in [7, 11) is 0. The molecule has 0 saturated heterocycles. The van der Waals surface area contributed by atoms with Gasteiger partial charge in [-0.15, -0.1) is 0 Å². The van der Waals surface area contributed by atoms with Gasteiger partial charge in [0.1, 0.15) is 11.3 Å². The second kappa shape index (κ2) is 3.20. The lowest BCUT2D eigenvalue weighted by atomic mass is 10.1. The number of halogens is 1. The lowest BCUT2D eigenvalue weighted by molar-refractivity contribution is 0.101. The van der Waals surface area contributed by atoms with Crippen molar-refractivity contribution in [2.75, 3.05) is 0 Å². The van der Waals surface area contributed by atoms with Gasteiger partial charge in [0.25, 0.3) is 0 Å². The first-order valence-corrected chi connectivity index (χ1v) is 5.04. The van der Waals surface area contributed by atoms with Gasteiger partial charge >= 0.3 is 0 Å². The van der Waals surface area contributed by atoms with E-state index in [2.05, 4.69) is 25.9 Å². The number of fused-ring (bicyclic) bond motifs is 1. The van der Waals surface area contributed by atoms with Crippen LogP contribution in [0.5, 0.6) is 0 Å². The zero-order chi connectivity index (χ0) is 10.3. The van der Waals surface area contributed by atoms with Gasteiger partial charge in [0, 0.05) is 10.0 Å². The highest BCUT2D eigenvalue weighted by molar-refractivity contribution is 9.10. The molecule has 1 aromatic heterocycles. The highest BCUT2D eigenvalue weighted by atomic mass is 79.9. The first kappa shape index (κ1) is 9.40. The number of benzene rings is 1. The third-order valence-corrected chi connectivity index (χ3v) is 2.67. The number of aryl methyl sites for hydroxylation is 1. The van der Waals surface area contributed by atoms with Crippen LogP contribution in [0.25, 0.3) is 11.0 Å². The third-order valence-electron chi connectivity index (χ3n) is 2.07. The summed E-state index contributed by atoms with van der Waals surface area (Å²) >= 11 is 3.39. The minimum atomic E-state index is 0.0554. The second-order valence-corrected chi connectivity index (χ2v) is 4.09. The molecule has 1 N–H and O–H groups in total. The predicted octanol–water partition coefficient (Wildman–Crippen LogP) is 2.84. The number of carbonyl (C=O) groups is 1. The van der Waals surface area contributed by atoms with Gasteiger partial charge in [-0.25, -0.2) is 4.98 Å². The van der Waals surface area contributed by atoms with Crippen molar-refractivity contribution in [2.24, 2.45) is 0 Å². The number of rotatable bonds is 1. The number of aromatic amines is 1. The number of ketones is 1. The lowest BCUT2D eigenvalue weighted by Crippen LogP contribution is -1.91. The van der Waals surface area contributed by atoms with Crippen molar-refractivity contribution in [3.63, 3.8) is 0 Å². The molecule has 0 unspecified atom stereocenters. The van der Waals surface area contributed by atoms with Crippen LogP contribution in [0, 0.1) is 6.92 Å². The summed E-state index contributed by atoms with van der Waals surface area (Å²) in [6.45, 7) is 3.44. The molecule has 0 fully saturated rings. The van der Waals surface area contributed by atoms with Crippen LogP contribution in [0.1, 0.15) is 23.1 Å². The van der Waals surface area contributed by atoms with E-state index in [1.165, 1.54) is 0 Å². The average molecular weight is 253 g/mol. The molecule has 0 saturated carbocycles. The van der Waals surface area contributed by atoms with E-state index < -0.39 is 0 Å². The number of aromatic nitrogens is 2. The van der Waals surface area contributed by atoms with Gasteiger partial charge in [-0.05, 0) is 41.9 Å². The summed E-state index contributed by atoms with van der Waals surface area (Å²) in [5.74, 6) is 0.904. The predicted molar refractivity (Wildman–Crippen MR) is 58.5 cm³/mol. The molecule has 14 heavy (non-hydrogen) atoms. The Balaban J connectivity index is 2.77. The second-order valence-electron chi connectivity index (χ2n) is 3.23. The molecule has 0 aliphatic carbocycles. The maximum absolute atomic E-state index is 11.2. The van der Waals surface area contributed by atoms with Gasteiger partial charge < -0.3 is 4.98 Å². The Kier molecular flexibility index (Phi) is 2.15. The zero-order valence-electron chi connectivity index (χ0n) is 7.89. The van der Waals surface area contributed by atoms with E-state index in [1.54, 1.807) is 13.0 Å². The molecule has 2 aromatic rings. The first-order valence-electron chi connectivity index (χ1n) is 4.25. The number of carbonyl (C=O) groups excluding carboxylic acids is 1. The number of hydrogen-bond acceptors (Lipinski definition) is 2. The molecule has 1 heterocycles. The summed E-state index contributed by atoms with van der Waals surface area (Å²) in [6, 6.07) is 3.62. The highest BCUT2D eigenvalue weighted by Crippen LogP contribution is 2.24. The van der Waals surface area contributed by atoms with Gasteiger partial charge in [-0.1, -0.05) is 0 Å². The van der Waals surface area contributed by atoms with Crippen LogP contribution in [-0.2, 0) is 0 Å². The van der Waals surface area contributed by atoms with Crippen LogP contribution >= 0.6 is 15.9 Å². The number of H-pyrrole nitrogens is 1. The van der Waals surface area contributed by atoms with Crippen LogP contribution < -0.4 is 0 Å². The number of nitrogens with one attached hydrogen (secondary N) is 1. The summed E-state index contributed by atoms with van der Waals surface area (Å²) < 4.78 is 0.851. The van der Waals surface area contributed by atoms with E-state index in [4.69, 9.17) is 0 Å². The Hall–Kier alpha value is -1.16. The number of hydrogen-bond donors (Lipinski definition) is 1. The highest BCUT2D eigenvalue weighted by Gasteiger charge is 2.08. The molecule has 4 heteroatoms. The third kappa shape index (κ3) is 1.46. The Morgan fingerprint density at radius 1 is 1.50 bits per heavy atom. The molecule has 0 bridgehead atoms. The fourth-order valence-electron chi connectivity index (χ4n) is 1.40. The Labute approximate surface area is 89.7 Å². The summed E-state index contributed by atoms with van der Waals surface area (Å²) in [5, 5.41) is 0. The Morgan fingerprint density at radius 3 is 2.86 bits per heavy atom. The molecule has 3 nitrogen and oxygen atoms in total. The number of Topliss-reactive ketones (excluding diaryl/α,β-unsaturated/α-hetero) is 1. The lowest BCUT2D eigenvalue weighted by Gasteiger charge is -1.97. The molecule has 0 amide bonds. The largest absolute Gasteiger partial charge is 0.342 e. The van der Waals surface area contributed by atoms with E-state index in [1.807, 2.05) is 13.0 Å². The van der Waals surface area contributed by atoms with Gasteiger partial charge in [-0.3, -0.25) is 4.79 Å². The van der Waals surface area contributed by atoms with Gasteiger partial charge in [0.2, 0.25) is 0 Å². The monoisotopic (exact) mass is 252 g/mol. The van der Waals surface area contributed by atoms with Crippen LogP contribution in [0.2, 0.25) is 0 Å². The van der Waals surface area contributed by atoms with Crippen LogP contribution in [0.15, 0.2) is 16.6 Å². The molecular weight excluding hydrogens is 244 g/mol. The summed E-state index contributed by atoms with van der Waals surface area (Å²) in [4.78, 5) is 18.6. The molecule has 1 aromatic carbocycles. The van der Waals surface area contributed by atoms with Crippen molar-refractivity contribution in [3.8, 4) is 0 Å². The molecule has 0 aliphatic rings. The zero-order valence-corrected chi connectivity index (χ0v) is 9.47. The fourth-order valence-corrected chi connectivity index (χ4v) is 1.95. The topological polar surface area (TPSA) is 45.8 Å². The smallest absolute Gasteiger partial charge is 0.159 e. The van der Waals surface area contributed by atoms with E-state index in [9.17, 15) is 4.79 Å².